The Morgan fingerprint density at radius 2 is 1.88 bits per heavy atom. The number of carboxylic acid groups (broad SMARTS) is 1. The molecule has 0 radical (unpaired) electrons. The molecule has 1 aliphatic rings. The fourth-order valence-electron chi connectivity index (χ4n) is 4.14. The van der Waals surface area contributed by atoms with Gasteiger partial charge in [-0.05, 0) is 43.4 Å². The summed E-state index contributed by atoms with van der Waals surface area (Å²) in [6.45, 7) is 4.32. The van der Waals surface area contributed by atoms with E-state index in [2.05, 4.69) is 26.3 Å². The highest BCUT2D eigenvalue weighted by Crippen LogP contribution is 2.19. The number of aromatic amines is 1. The predicted octanol–water partition coefficient (Wildman–Crippen LogP) is 0.679. The maximum Gasteiger partial charge on any atom is 0.326 e. The number of hydrogen-bond donors (Lipinski definition) is 6. The average Bonchev–Trinajstić information content (AvgIpc) is 3.47. The fourth-order valence-corrected chi connectivity index (χ4v) is 4.14. The van der Waals surface area contributed by atoms with Crippen LogP contribution in [0.1, 0.15) is 38.7 Å². The number of para-hydroxylation sites is 1. The lowest BCUT2D eigenvalue weighted by Gasteiger charge is -2.23. The lowest BCUT2D eigenvalue weighted by atomic mass is 10.0. The van der Waals surface area contributed by atoms with Gasteiger partial charge >= 0.3 is 5.97 Å². The van der Waals surface area contributed by atoms with Crippen molar-refractivity contribution in [2.75, 3.05) is 13.1 Å². The molecule has 184 valence electrons. The molecule has 0 saturated carbocycles. The summed E-state index contributed by atoms with van der Waals surface area (Å²) in [5.41, 5.74) is 1.66. The van der Waals surface area contributed by atoms with Crippen LogP contribution < -0.4 is 21.3 Å². The van der Waals surface area contributed by atoms with E-state index in [4.69, 9.17) is 0 Å². The van der Waals surface area contributed by atoms with Crippen LogP contribution in [0.25, 0.3) is 10.9 Å². The number of amides is 3. The van der Waals surface area contributed by atoms with Crippen LogP contribution >= 0.6 is 0 Å². The lowest BCUT2D eigenvalue weighted by Crippen LogP contribution is -2.54. The third-order valence-electron chi connectivity index (χ3n) is 5.87. The van der Waals surface area contributed by atoms with Crippen LogP contribution in [-0.2, 0) is 25.6 Å². The van der Waals surface area contributed by atoms with Crippen LogP contribution in [0.4, 0.5) is 0 Å². The van der Waals surface area contributed by atoms with Gasteiger partial charge in [-0.15, -0.1) is 0 Å². The Kier molecular flexibility index (Phi) is 8.64. The molecule has 6 N–H and O–H groups in total. The molecule has 1 fully saturated rings. The van der Waals surface area contributed by atoms with Gasteiger partial charge in [-0.1, -0.05) is 32.0 Å². The van der Waals surface area contributed by atoms with Gasteiger partial charge in [-0.2, -0.15) is 0 Å². The Morgan fingerprint density at radius 1 is 1.12 bits per heavy atom. The van der Waals surface area contributed by atoms with E-state index in [0.717, 1.165) is 35.9 Å². The summed E-state index contributed by atoms with van der Waals surface area (Å²) in [5, 5.41) is 21.5. The molecule has 1 aromatic carbocycles. The number of hydrogen-bond acceptors (Lipinski definition) is 5. The Bertz CT molecular complexity index is 1030. The van der Waals surface area contributed by atoms with Gasteiger partial charge in [0.15, 0.2) is 0 Å². The molecule has 34 heavy (non-hydrogen) atoms. The van der Waals surface area contributed by atoms with E-state index in [-0.39, 0.29) is 30.8 Å². The molecule has 0 aliphatic carbocycles. The first-order valence-electron chi connectivity index (χ1n) is 11.6. The van der Waals surface area contributed by atoms with E-state index in [1.165, 1.54) is 0 Å². The summed E-state index contributed by atoms with van der Waals surface area (Å²) in [4.78, 5) is 52.5. The number of carbonyl (C=O) groups excluding carboxylic acids is 3. The zero-order chi connectivity index (χ0) is 24.7. The molecule has 10 nitrogen and oxygen atoms in total. The summed E-state index contributed by atoms with van der Waals surface area (Å²) in [6, 6.07) is 5.14. The van der Waals surface area contributed by atoms with Gasteiger partial charge in [-0.3, -0.25) is 14.4 Å². The SMILES string of the molecule is CC(C)C[C@H](NC(=O)CNC(=O)[C@@H]1CCCN1)C(=O)N[C@@H](Cc1c[nH]c2ccccc12)C(=O)O. The monoisotopic (exact) mass is 471 g/mol. The van der Waals surface area contributed by atoms with E-state index >= 15 is 0 Å². The Labute approximate surface area is 198 Å². The summed E-state index contributed by atoms with van der Waals surface area (Å²) >= 11 is 0. The Balaban J connectivity index is 1.61. The third-order valence-corrected chi connectivity index (χ3v) is 5.87. The highest BCUT2D eigenvalue weighted by atomic mass is 16.4. The zero-order valence-electron chi connectivity index (χ0n) is 19.5. The van der Waals surface area contributed by atoms with E-state index in [1.54, 1.807) is 6.20 Å². The van der Waals surface area contributed by atoms with Gasteiger partial charge in [0.05, 0.1) is 12.6 Å². The molecule has 1 aromatic heterocycles. The molecular formula is C24H33N5O5. The first kappa shape index (κ1) is 25.2. The van der Waals surface area contributed by atoms with Crippen molar-refractivity contribution in [3.05, 3.63) is 36.0 Å². The van der Waals surface area contributed by atoms with Gasteiger partial charge in [0.25, 0.3) is 0 Å². The second-order valence-corrected chi connectivity index (χ2v) is 9.08. The van der Waals surface area contributed by atoms with E-state index in [9.17, 15) is 24.3 Å². The molecule has 3 amide bonds. The van der Waals surface area contributed by atoms with Crippen molar-refractivity contribution in [2.45, 2.75) is 57.7 Å². The Morgan fingerprint density at radius 3 is 2.56 bits per heavy atom. The second-order valence-electron chi connectivity index (χ2n) is 9.08. The topological polar surface area (TPSA) is 152 Å². The van der Waals surface area contributed by atoms with Crippen molar-refractivity contribution in [3.63, 3.8) is 0 Å². The minimum atomic E-state index is -1.16. The molecule has 2 heterocycles. The number of aliphatic carboxylic acids is 1. The molecule has 0 spiro atoms. The zero-order valence-corrected chi connectivity index (χ0v) is 19.5. The summed E-state index contributed by atoms with van der Waals surface area (Å²) in [7, 11) is 0. The Hall–Kier alpha value is -3.40. The molecule has 3 atom stereocenters. The van der Waals surface area contributed by atoms with Gasteiger partial charge in [-0.25, -0.2) is 4.79 Å². The summed E-state index contributed by atoms with van der Waals surface area (Å²) < 4.78 is 0. The molecule has 3 rings (SSSR count). The number of carboxylic acids is 1. The number of aromatic nitrogens is 1. The average molecular weight is 472 g/mol. The van der Waals surface area contributed by atoms with Crippen LogP contribution in [0.3, 0.4) is 0 Å². The van der Waals surface area contributed by atoms with Gasteiger partial charge in [0.2, 0.25) is 17.7 Å². The second kappa shape index (κ2) is 11.6. The minimum absolute atomic E-state index is 0.0743. The van der Waals surface area contributed by atoms with Gasteiger partial charge < -0.3 is 31.4 Å². The van der Waals surface area contributed by atoms with Crippen LogP contribution in [0.5, 0.6) is 0 Å². The maximum atomic E-state index is 13.0. The molecule has 0 unspecified atom stereocenters. The van der Waals surface area contributed by atoms with Crippen molar-refractivity contribution in [1.29, 1.82) is 0 Å². The van der Waals surface area contributed by atoms with E-state index in [0.29, 0.717) is 6.42 Å². The summed E-state index contributed by atoms with van der Waals surface area (Å²) in [6.07, 6.45) is 3.79. The number of H-pyrrole nitrogens is 1. The lowest BCUT2D eigenvalue weighted by molar-refractivity contribution is -0.142. The van der Waals surface area contributed by atoms with Crippen LogP contribution in [0, 0.1) is 5.92 Å². The number of rotatable bonds is 11. The van der Waals surface area contributed by atoms with Crippen LogP contribution in [0.2, 0.25) is 0 Å². The number of nitrogens with one attached hydrogen (secondary N) is 5. The quantitative estimate of drug-likeness (QED) is 0.283. The van der Waals surface area contributed by atoms with Crippen LogP contribution in [-0.4, -0.2) is 65.0 Å². The highest BCUT2D eigenvalue weighted by Gasteiger charge is 2.28. The number of benzene rings is 1. The van der Waals surface area contributed by atoms with Crippen molar-refractivity contribution in [3.8, 4) is 0 Å². The molecule has 2 aromatic rings. The van der Waals surface area contributed by atoms with E-state index < -0.39 is 29.9 Å². The maximum absolute atomic E-state index is 13.0. The largest absolute Gasteiger partial charge is 0.480 e. The number of carbonyl (C=O) groups is 4. The molecular weight excluding hydrogens is 438 g/mol. The van der Waals surface area contributed by atoms with Crippen LogP contribution in [0.15, 0.2) is 30.5 Å². The van der Waals surface area contributed by atoms with Crippen molar-refractivity contribution in [1.82, 2.24) is 26.3 Å². The smallest absolute Gasteiger partial charge is 0.326 e. The van der Waals surface area contributed by atoms with Crippen molar-refractivity contribution < 1.29 is 24.3 Å². The first-order chi connectivity index (χ1) is 16.2. The normalized spacial score (nSPS) is 17.3. The molecule has 1 saturated heterocycles. The summed E-state index contributed by atoms with van der Waals surface area (Å²) in [5.74, 6) is -2.41. The standard InChI is InChI=1S/C24H33N5O5/c1-14(2)10-19(28-21(30)13-27-22(31)18-8-5-9-25-18)23(32)29-20(24(33)34)11-15-12-26-17-7-4-3-6-16(15)17/h3-4,6-7,12,14,18-20,25-26H,5,8-11,13H2,1-2H3,(H,27,31)(H,28,30)(H,29,32)(H,33,34)/t18-,19-,20-/m0/s1. The molecule has 10 heteroatoms. The minimum Gasteiger partial charge on any atom is -0.480 e. The van der Waals surface area contributed by atoms with E-state index in [1.807, 2.05) is 38.1 Å². The fraction of sp³-hybridized carbons (Fsp3) is 0.500. The van der Waals surface area contributed by atoms with Gasteiger partial charge in [0.1, 0.15) is 12.1 Å². The van der Waals surface area contributed by atoms with Gasteiger partial charge in [0, 0.05) is 23.5 Å². The predicted molar refractivity (Wildman–Crippen MR) is 127 cm³/mol. The molecule has 0 bridgehead atoms. The third kappa shape index (κ3) is 6.80. The van der Waals surface area contributed by atoms with Crippen molar-refractivity contribution >= 4 is 34.6 Å². The number of fused-ring (bicyclic) bond motifs is 1. The molecule has 1 aliphatic heterocycles. The van der Waals surface area contributed by atoms with Crippen molar-refractivity contribution in [2.24, 2.45) is 5.92 Å². The highest BCUT2D eigenvalue weighted by molar-refractivity contribution is 5.93. The first-order valence-corrected chi connectivity index (χ1v) is 11.6.